The first-order chi connectivity index (χ1) is 8.63. The van der Waals surface area contributed by atoms with Gasteiger partial charge in [-0.15, -0.1) is 0 Å². The molecule has 0 aliphatic heterocycles. The maximum absolute atomic E-state index is 13.2. The molecule has 2 aromatic rings. The largest absolute Gasteiger partial charge is 0.373 e. The second kappa shape index (κ2) is 5.08. The van der Waals surface area contributed by atoms with Gasteiger partial charge in [0.15, 0.2) is 17.5 Å². The van der Waals surface area contributed by atoms with E-state index >= 15 is 0 Å². The fourth-order valence-corrected chi connectivity index (χ4v) is 1.57. The second-order valence-electron chi connectivity index (χ2n) is 3.80. The minimum atomic E-state index is -0.899. The topological polar surface area (TPSA) is 37.8 Å². The quantitative estimate of drug-likeness (QED) is 0.908. The minimum absolute atomic E-state index is 0.387. The maximum atomic E-state index is 13.2. The standard InChI is InChI=1S/C13H13F2N3/c1-3-9-7-12(16-2)18-13(17-9)8-4-5-10(14)11(15)6-8/h4-7H,3H2,1-2H3,(H,16,17,18). The zero-order valence-electron chi connectivity index (χ0n) is 10.2. The Kier molecular flexibility index (Phi) is 3.50. The number of benzene rings is 1. The number of hydrogen-bond donors (Lipinski definition) is 1. The third-order valence-electron chi connectivity index (χ3n) is 2.58. The van der Waals surface area contributed by atoms with Crippen molar-refractivity contribution in [2.75, 3.05) is 12.4 Å². The van der Waals surface area contributed by atoms with Crippen LogP contribution in [0.2, 0.25) is 0 Å². The van der Waals surface area contributed by atoms with Crippen LogP contribution in [-0.4, -0.2) is 17.0 Å². The lowest BCUT2D eigenvalue weighted by Gasteiger charge is -2.07. The van der Waals surface area contributed by atoms with Gasteiger partial charge in [-0.25, -0.2) is 18.7 Å². The molecule has 0 spiro atoms. The molecule has 0 bridgehead atoms. The van der Waals surface area contributed by atoms with Crippen molar-refractivity contribution in [1.82, 2.24) is 9.97 Å². The van der Waals surface area contributed by atoms with Crippen molar-refractivity contribution in [2.45, 2.75) is 13.3 Å². The molecule has 94 valence electrons. The summed E-state index contributed by atoms with van der Waals surface area (Å²) < 4.78 is 26.1. The smallest absolute Gasteiger partial charge is 0.161 e. The molecule has 3 nitrogen and oxygen atoms in total. The van der Waals surface area contributed by atoms with Gasteiger partial charge in [0.25, 0.3) is 0 Å². The number of nitrogens with zero attached hydrogens (tertiary/aromatic N) is 2. The van der Waals surface area contributed by atoms with Crippen molar-refractivity contribution in [2.24, 2.45) is 0 Å². The highest BCUT2D eigenvalue weighted by Crippen LogP contribution is 2.20. The van der Waals surface area contributed by atoms with Crippen LogP contribution in [0, 0.1) is 11.6 Å². The second-order valence-corrected chi connectivity index (χ2v) is 3.80. The first-order valence-corrected chi connectivity index (χ1v) is 5.65. The molecule has 1 N–H and O–H groups in total. The third-order valence-corrected chi connectivity index (χ3v) is 2.58. The van der Waals surface area contributed by atoms with Crippen molar-refractivity contribution in [1.29, 1.82) is 0 Å². The number of hydrogen-bond acceptors (Lipinski definition) is 3. The Bertz CT molecular complexity index is 548. The Morgan fingerprint density at radius 2 is 1.89 bits per heavy atom. The maximum Gasteiger partial charge on any atom is 0.161 e. The van der Waals surface area contributed by atoms with E-state index < -0.39 is 11.6 Å². The van der Waals surface area contributed by atoms with Crippen molar-refractivity contribution in [3.63, 3.8) is 0 Å². The highest BCUT2D eigenvalue weighted by Gasteiger charge is 2.09. The molecule has 0 aliphatic rings. The Hall–Kier alpha value is -2.04. The minimum Gasteiger partial charge on any atom is -0.373 e. The number of nitrogens with one attached hydrogen (secondary N) is 1. The zero-order chi connectivity index (χ0) is 13.1. The van der Waals surface area contributed by atoms with Crippen molar-refractivity contribution < 1.29 is 8.78 Å². The molecule has 5 heteroatoms. The highest BCUT2D eigenvalue weighted by molar-refractivity contribution is 5.57. The van der Waals surface area contributed by atoms with Gasteiger partial charge in [-0.2, -0.15) is 0 Å². The Morgan fingerprint density at radius 1 is 1.11 bits per heavy atom. The number of aryl methyl sites for hydroxylation is 1. The van der Waals surface area contributed by atoms with Crippen LogP contribution in [0.15, 0.2) is 24.3 Å². The predicted molar refractivity (Wildman–Crippen MR) is 66.3 cm³/mol. The molecule has 2 rings (SSSR count). The fourth-order valence-electron chi connectivity index (χ4n) is 1.57. The summed E-state index contributed by atoms with van der Waals surface area (Å²) in [5.41, 5.74) is 1.30. The van der Waals surface area contributed by atoms with Crippen LogP contribution in [0.25, 0.3) is 11.4 Å². The van der Waals surface area contributed by atoms with Crippen molar-refractivity contribution >= 4 is 5.82 Å². The van der Waals surface area contributed by atoms with Crippen LogP contribution >= 0.6 is 0 Å². The van der Waals surface area contributed by atoms with E-state index in [-0.39, 0.29) is 0 Å². The van der Waals surface area contributed by atoms with Crippen LogP contribution in [0.4, 0.5) is 14.6 Å². The Balaban J connectivity index is 2.51. The first kappa shape index (κ1) is 12.4. The molecule has 0 saturated carbocycles. The van der Waals surface area contributed by atoms with Crippen molar-refractivity contribution in [3.8, 4) is 11.4 Å². The molecule has 0 atom stereocenters. The molecule has 0 saturated heterocycles. The summed E-state index contributed by atoms with van der Waals surface area (Å²) in [5.74, 6) is -0.734. The molecule has 1 aromatic heterocycles. The van der Waals surface area contributed by atoms with Gasteiger partial charge in [-0.1, -0.05) is 6.92 Å². The van der Waals surface area contributed by atoms with E-state index in [4.69, 9.17) is 0 Å². The predicted octanol–water partition coefficient (Wildman–Crippen LogP) is 3.03. The third kappa shape index (κ3) is 2.45. The van der Waals surface area contributed by atoms with E-state index in [1.54, 1.807) is 7.05 Å². The van der Waals surface area contributed by atoms with Crippen LogP contribution in [-0.2, 0) is 6.42 Å². The summed E-state index contributed by atoms with van der Waals surface area (Å²) in [6.07, 6.45) is 0.744. The van der Waals surface area contributed by atoms with Crippen LogP contribution in [0.5, 0.6) is 0 Å². The number of aromatic nitrogens is 2. The summed E-state index contributed by atoms with van der Waals surface area (Å²) in [6.45, 7) is 1.97. The monoisotopic (exact) mass is 249 g/mol. The van der Waals surface area contributed by atoms with Gasteiger partial charge in [0.1, 0.15) is 5.82 Å². The van der Waals surface area contributed by atoms with Crippen LogP contribution in [0.3, 0.4) is 0 Å². The van der Waals surface area contributed by atoms with E-state index in [1.165, 1.54) is 6.07 Å². The summed E-state index contributed by atoms with van der Waals surface area (Å²) in [6, 6.07) is 5.46. The molecule has 0 radical (unpaired) electrons. The van der Waals surface area contributed by atoms with Gasteiger partial charge in [-0.3, -0.25) is 0 Å². The fraction of sp³-hybridized carbons (Fsp3) is 0.231. The summed E-state index contributed by atoms with van der Waals surface area (Å²) >= 11 is 0. The first-order valence-electron chi connectivity index (χ1n) is 5.65. The average molecular weight is 249 g/mol. The molecular formula is C13H13F2N3. The Labute approximate surface area is 104 Å². The molecule has 0 unspecified atom stereocenters. The summed E-state index contributed by atoms with van der Waals surface area (Å²) in [5, 5.41) is 2.92. The molecule has 0 fully saturated rings. The summed E-state index contributed by atoms with van der Waals surface area (Å²) in [7, 11) is 1.75. The lowest BCUT2D eigenvalue weighted by atomic mass is 10.2. The van der Waals surface area contributed by atoms with Gasteiger partial charge in [0, 0.05) is 24.4 Å². The zero-order valence-corrected chi connectivity index (χ0v) is 10.2. The van der Waals surface area contributed by atoms with Gasteiger partial charge in [0.05, 0.1) is 0 Å². The van der Waals surface area contributed by atoms with Gasteiger partial charge < -0.3 is 5.32 Å². The molecule has 0 amide bonds. The Morgan fingerprint density at radius 3 is 2.50 bits per heavy atom. The average Bonchev–Trinajstić information content (AvgIpc) is 2.41. The molecule has 1 aromatic carbocycles. The molecule has 0 aliphatic carbocycles. The summed E-state index contributed by atoms with van der Waals surface area (Å²) in [4.78, 5) is 8.53. The number of halogens is 2. The van der Waals surface area contributed by atoms with Crippen molar-refractivity contribution in [3.05, 3.63) is 41.6 Å². The van der Waals surface area contributed by atoms with E-state index in [0.29, 0.717) is 17.2 Å². The van der Waals surface area contributed by atoms with E-state index in [9.17, 15) is 8.78 Å². The molecular weight excluding hydrogens is 236 g/mol. The normalized spacial score (nSPS) is 10.4. The number of anilines is 1. The van der Waals surface area contributed by atoms with Gasteiger partial charge in [-0.05, 0) is 24.6 Å². The highest BCUT2D eigenvalue weighted by atomic mass is 19.2. The lowest BCUT2D eigenvalue weighted by Crippen LogP contribution is -2.00. The molecule has 1 heterocycles. The molecule has 18 heavy (non-hydrogen) atoms. The van der Waals surface area contributed by atoms with E-state index in [0.717, 1.165) is 24.2 Å². The SMILES string of the molecule is CCc1cc(NC)nc(-c2ccc(F)c(F)c2)n1. The van der Waals surface area contributed by atoms with Gasteiger partial charge in [0.2, 0.25) is 0 Å². The van der Waals surface area contributed by atoms with E-state index in [1.807, 2.05) is 13.0 Å². The lowest BCUT2D eigenvalue weighted by molar-refractivity contribution is 0.509. The van der Waals surface area contributed by atoms with Crippen LogP contribution in [0.1, 0.15) is 12.6 Å². The van der Waals surface area contributed by atoms with Crippen LogP contribution < -0.4 is 5.32 Å². The number of rotatable bonds is 3. The van der Waals surface area contributed by atoms with Gasteiger partial charge >= 0.3 is 0 Å². The van der Waals surface area contributed by atoms with E-state index in [2.05, 4.69) is 15.3 Å².